The van der Waals surface area contributed by atoms with Gasteiger partial charge in [0.25, 0.3) is 0 Å². The molecule has 8 nitrogen and oxygen atoms in total. The van der Waals surface area contributed by atoms with E-state index in [0.717, 1.165) is 28.3 Å². The Bertz CT molecular complexity index is 1240. The lowest BCUT2D eigenvalue weighted by molar-refractivity contribution is -0.119. The van der Waals surface area contributed by atoms with Crippen molar-refractivity contribution in [2.45, 2.75) is 25.8 Å². The highest BCUT2D eigenvalue weighted by molar-refractivity contribution is 6.03. The number of hydrogen-bond acceptors (Lipinski definition) is 5. The van der Waals surface area contributed by atoms with E-state index in [1.54, 1.807) is 13.8 Å². The number of carbonyl (C=O) groups excluding carboxylic acids is 2. The molecule has 0 aliphatic heterocycles. The van der Waals surface area contributed by atoms with Crippen LogP contribution in [0.15, 0.2) is 66.7 Å². The Labute approximate surface area is 202 Å². The van der Waals surface area contributed by atoms with E-state index in [1.807, 2.05) is 48.5 Å². The molecule has 0 radical (unpaired) electrons. The van der Waals surface area contributed by atoms with Crippen LogP contribution in [0.1, 0.15) is 41.3 Å². The third kappa shape index (κ3) is 4.96. The summed E-state index contributed by atoms with van der Waals surface area (Å²) in [5, 5.41) is 24.0. The fraction of sp³-hybridized carbons (Fsp3) is 0.222. The average molecular weight is 475 g/mol. The first-order chi connectivity index (χ1) is 16.8. The van der Waals surface area contributed by atoms with Crippen molar-refractivity contribution >= 4 is 23.7 Å². The van der Waals surface area contributed by atoms with Gasteiger partial charge in [-0.25, -0.2) is 9.59 Å². The zero-order chi connectivity index (χ0) is 25.1. The molecule has 1 aliphatic carbocycles. The molecule has 4 N–H and O–H groups in total. The fourth-order valence-corrected chi connectivity index (χ4v) is 4.33. The van der Waals surface area contributed by atoms with E-state index in [-0.39, 0.29) is 35.4 Å². The lowest BCUT2D eigenvalue weighted by Gasteiger charge is -2.22. The number of carboxylic acids is 1. The van der Waals surface area contributed by atoms with Crippen LogP contribution < -0.4 is 10.6 Å². The van der Waals surface area contributed by atoms with Crippen LogP contribution in [-0.4, -0.2) is 40.8 Å². The zero-order valence-electron chi connectivity index (χ0n) is 19.3. The summed E-state index contributed by atoms with van der Waals surface area (Å²) in [6.07, 6.45) is -0.745. The number of aromatic hydroxyl groups is 1. The van der Waals surface area contributed by atoms with Crippen molar-refractivity contribution < 1.29 is 29.3 Å². The minimum absolute atomic E-state index is 0.0142. The lowest BCUT2D eigenvalue weighted by Crippen LogP contribution is -2.47. The molecule has 180 valence electrons. The second-order valence-electron chi connectivity index (χ2n) is 8.72. The van der Waals surface area contributed by atoms with E-state index in [2.05, 4.69) is 10.6 Å². The smallest absolute Gasteiger partial charge is 0.407 e. The predicted molar refractivity (Wildman–Crippen MR) is 131 cm³/mol. The monoisotopic (exact) mass is 474 g/mol. The van der Waals surface area contributed by atoms with Crippen molar-refractivity contribution in [1.29, 1.82) is 0 Å². The third-order valence-corrected chi connectivity index (χ3v) is 6.06. The number of fused-ring (bicyclic) bond motifs is 3. The number of hydrogen-bond donors (Lipinski definition) is 4. The highest BCUT2D eigenvalue weighted by atomic mass is 16.5. The summed E-state index contributed by atoms with van der Waals surface area (Å²) in [5.74, 6) is -2.56. The van der Waals surface area contributed by atoms with Crippen molar-refractivity contribution in [2.24, 2.45) is 5.92 Å². The first-order valence-electron chi connectivity index (χ1n) is 11.2. The van der Waals surface area contributed by atoms with E-state index in [4.69, 9.17) is 4.74 Å². The van der Waals surface area contributed by atoms with Gasteiger partial charge in [-0.2, -0.15) is 0 Å². The van der Waals surface area contributed by atoms with Crippen molar-refractivity contribution in [1.82, 2.24) is 5.32 Å². The summed E-state index contributed by atoms with van der Waals surface area (Å²) in [5.41, 5.74) is 4.13. The molecule has 1 aliphatic rings. The maximum atomic E-state index is 12.9. The number of phenols is 1. The maximum absolute atomic E-state index is 12.9. The van der Waals surface area contributed by atoms with E-state index in [9.17, 15) is 24.6 Å². The minimum atomic E-state index is -1.30. The minimum Gasteiger partial charge on any atom is -0.508 e. The number of carboxylic acid groups (broad SMARTS) is 1. The summed E-state index contributed by atoms with van der Waals surface area (Å²) in [6.45, 7) is 3.61. The van der Waals surface area contributed by atoms with E-state index in [1.165, 1.54) is 12.1 Å². The number of carbonyl (C=O) groups is 3. The molecule has 8 heteroatoms. The topological polar surface area (TPSA) is 125 Å². The molecule has 2 amide bonds. The van der Waals surface area contributed by atoms with Gasteiger partial charge < -0.3 is 25.6 Å². The van der Waals surface area contributed by atoms with Gasteiger partial charge in [0, 0.05) is 5.92 Å². The van der Waals surface area contributed by atoms with Gasteiger partial charge in [-0.3, -0.25) is 4.79 Å². The fourth-order valence-electron chi connectivity index (χ4n) is 4.33. The Morgan fingerprint density at radius 2 is 1.54 bits per heavy atom. The van der Waals surface area contributed by atoms with Gasteiger partial charge >= 0.3 is 12.1 Å². The van der Waals surface area contributed by atoms with Crippen molar-refractivity contribution in [2.75, 3.05) is 11.9 Å². The number of nitrogens with one attached hydrogen (secondary N) is 2. The Balaban J connectivity index is 1.44. The van der Waals surface area contributed by atoms with Gasteiger partial charge in [-0.15, -0.1) is 0 Å². The summed E-state index contributed by atoms with van der Waals surface area (Å²) in [7, 11) is 0. The molecule has 3 aromatic carbocycles. The molecule has 0 spiro atoms. The SMILES string of the molecule is CC(C)C(NC(=O)OCC1c2ccccc2-c2ccccc21)C(=O)Nc1ccc(O)cc1C(=O)O. The van der Waals surface area contributed by atoms with Gasteiger partial charge in [0.1, 0.15) is 18.4 Å². The van der Waals surface area contributed by atoms with Crippen molar-refractivity contribution in [3.05, 3.63) is 83.4 Å². The van der Waals surface area contributed by atoms with Gasteiger partial charge in [0.05, 0.1) is 11.3 Å². The summed E-state index contributed by atoms with van der Waals surface area (Å²) >= 11 is 0. The van der Waals surface area contributed by atoms with Crippen LogP contribution in [0.4, 0.5) is 10.5 Å². The lowest BCUT2D eigenvalue weighted by atomic mass is 9.98. The van der Waals surface area contributed by atoms with Gasteiger partial charge in [-0.05, 0) is 46.4 Å². The van der Waals surface area contributed by atoms with Crippen molar-refractivity contribution in [3.8, 4) is 16.9 Å². The highest BCUT2D eigenvalue weighted by Crippen LogP contribution is 2.44. The normalized spacial score (nSPS) is 13.0. The van der Waals surface area contributed by atoms with Crippen LogP contribution in [0.5, 0.6) is 5.75 Å². The van der Waals surface area contributed by atoms with E-state index in [0.29, 0.717) is 0 Å². The van der Waals surface area contributed by atoms with E-state index < -0.39 is 24.0 Å². The van der Waals surface area contributed by atoms with Crippen LogP contribution in [0.25, 0.3) is 11.1 Å². The first kappa shape index (κ1) is 23.8. The first-order valence-corrected chi connectivity index (χ1v) is 11.2. The standard InChI is InChI=1S/C27H26N2O6/c1-15(2)24(25(31)28-23-12-11-16(30)13-21(23)26(32)33)29-27(34)35-14-22-19-9-5-3-7-17(19)18-8-4-6-10-20(18)22/h3-13,15,22,24,30H,14H2,1-2H3,(H,28,31)(H,29,34)(H,32,33). The predicted octanol–water partition coefficient (Wildman–Crippen LogP) is 4.59. The molecule has 35 heavy (non-hydrogen) atoms. The number of alkyl carbamates (subject to hydrolysis) is 1. The molecule has 0 saturated carbocycles. The number of amides is 2. The Morgan fingerprint density at radius 3 is 2.11 bits per heavy atom. The number of rotatable bonds is 7. The summed E-state index contributed by atoms with van der Waals surface area (Å²) in [6, 6.07) is 18.6. The second-order valence-corrected chi connectivity index (χ2v) is 8.72. The van der Waals surface area contributed by atoms with Crippen LogP contribution >= 0.6 is 0 Å². The van der Waals surface area contributed by atoms with Gasteiger partial charge in [0.2, 0.25) is 5.91 Å². The molecule has 1 atom stereocenters. The summed E-state index contributed by atoms with van der Waals surface area (Å²) in [4.78, 5) is 37.0. The molecule has 4 rings (SSSR count). The Kier molecular flexibility index (Phi) is 6.73. The van der Waals surface area contributed by atoms with E-state index >= 15 is 0 Å². The molecule has 1 unspecified atom stereocenters. The van der Waals surface area contributed by atoms with Crippen LogP contribution in [0.2, 0.25) is 0 Å². The number of aromatic carboxylic acids is 1. The quantitative estimate of drug-likeness (QED) is 0.371. The zero-order valence-corrected chi connectivity index (χ0v) is 19.3. The molecule has 0 saturated heterocycles. The Hall–Kier alpha value is -4.33. The van der Waals surface area contributed by atoms with Crippen LogP contribution in [-0.2, 0) is 9.53 Å². The van der Waals surface area contributed by atoms with Gasteiger partial charge in [0.15, 0.2) is 0 Å². The van der Waals surface area contributed by atoms with Crippen LogP contribution in [0, 0.1) is 5.92 Å². The molecule has 0 heterocycles. The second kappa shape index (κ2) is 9.89. The van der Waals surface area contributed by atoms with Gasteiger partial charge in [-0.1, -0.05) is 62.4 Å². The summed E-state index contributed by atoms with van der Waals surface area (Å²) < 4.78 is 5.54. The number of anilines is 1. The molecule has 0 bridgehead atoms. The van der Waals surface area contributed by atoms with Crippen molar-refractivity contribution in [3.63, 3.8) is 0 Å². The highest BCUT2D eigenvalue weighted by Gasteiger charge is 2.30. The average Bonchev–Trinajstić information content (AvgIpc) is 3.15. The number of ether oxygens (including phenoxy) is 1. The van der Waals surface area contributed by atoms with Crippen LogP contribution in [0.3, 0.4) is 0 Å². The maximum Gasteiger partial charge on any atom is 0.407 e. The third-order valence-electron chi connectivity index (χ3n) is 6.06. The molecular formula is C27H26N2O6. The number of phenolic OH excluding ortho intramolecular Hbond substituents is 1. The molecule has 0 aromatic heterocycles. The molecule has 0 fully saturated rings. The largest absolute Gasteiger partial charge is 0.508 e. The number of benzene rings is 3. The Morgan fingerprint density at radius 1 is 0.943 bits per heavy atom. The molecular weight excluding hydrogens is 448 g/mol. The molecule has 3 aromatic rings.